The lowest BCUT2D eigenvalue weighted by Crippen LogP contribution is -2.36. The van der Waals surface area contributed by atoms with Gasteiger partial charge >= 0.3 is 0 Å². The molecular formula is C21H28N2O3. The number of nitrogens with one attached hydrogen (secondary N) is 1. The van der Waals surface area contributed by atoms with E-state index in [9.17, 15) is 4.79 Å². The summed E-state index contributed by atoms with van der Waals surface area (Å²) in [5.41, 5.74) is 3.38. The summed E-state index contributed by atoms with van der Waals surface area (Å²) in [6, 6.07) is 16.0. The van der Waals surface area contributed by atoms with Gasteiger partial charge in [-0.05, 0) is 37.2 Å². The van der Waals surface area contributed by atoms with E-state index in [1.54, 1.807) is 7.11 Å². The van der Waals surface area contributed by atoms with Crippen molar-refractivity contribution in [1.29, 1.82) is 0 Å². The number of methoxy groups -OCH3 is 1. The van der Waals surface area contributed by atoms with Crippen LogP contribution in [0.25, 0.3) is 0 Å². The molecule has 0 fully saturated rings. The van der Waals surface area contributed by atoms with Gasteiger partial charge in [0.15, 0.2) is 0 Å². The second-order valence-electron chi connectivity index (χ2n) is 6.43. The number of amides is 1. The maximum absolute atomic E-state index is 12.1. The van der Waals surface area contributed by atoms with Crippen LogP contribution in [0.5, 0.6) is 5.75 Å². The fourth-order valence-corrected chi connectivity index (χ4v) is 2.53. The molecule has 0 unspecified atom stereocenters. The Morgan fingerprint density at radius 2 is 1.85 bits per heavy atom. The highest BCUT2D eigenvalue weighted by atomic mass is 16.5. The van der Waals surface area contributed by atoms with Crippen molar-refractivity contribution in [2.75, 3.05) is 33.9 Å². The predicted molar refractivity (Wildman–Crippen MR) is 103 cm³/mol. The first kappa shape index (κ1) is 19.9. The van der Waals surface area contributed by atoms with Crippen molar-refractivity contribution < 1.29 is 14.3 Å². The van der Waals surface area contributed by atoms with E-state index in [1.807, 2.05) is 67.4 Å². The molecule has 2 aromatic rings. The van der Waals surface area contributed by atoms with E-state index < -0.39 is 0 Å². The first-order chi connectivity index (χ1) is 12.6. The Kier molecular flexibility index (Phi) is 8.12. The minimum atomic E-state index is -0.0000181. The van der Waals surface area contributed by atoms with Crippen molar-refractivity contribution in [3.8, 4) is 5.75 Å². The molecule has 0 aliphatic heterocycles. The minimum absolute atomic E-state index is 0.0000181. The maximum atomic E-state index is 12.1. The van der Waals surface area contributed by atoms with Crippen LogP contribution in [0, 0.1) is 6.92 Å². The zero-order valence-corrected chi connectivity index (χ0v) is 15.8. The van der Waals surface area contributed by atoms with Crippen molar-refractivity contribution in [1.82, 2.24) is 10.2 Å². The Hall–Kier alpha value is -2.37. The molecule has 26 heavy (non-hydrogen) atoms. The van der Waals surface area contributed by atoms with Gasteiger partial charge in [-0.15, -0.1) is 0 Å². The fraction of sp³-hybridized carbons (Fsp3) is 0.381. The average molecular weight is 356 g/mol. The van der Waals surface area contributed by atoms with Crippen LogP contribution < -0.4 is 10.1 Å². The Labute approximate surface area is 155 Å². The summed E-state index contributed by atoms with van der Waals surface area (Å²) in [6.07, 6.45) is 0. The lowest BCUT2D eigenvalue weighted by Gasteiger charge is -2.17. The summed E-state index contributed by atoms with van der Waals surface area (Å²) in [5, 5.41) is 2.95. The van der Waals surface area contributed by atoms with E-state index in [-0.39, 0.29) is 5.91 Å². The number of nitrogens with zero attached hydrogens (tertiary/aromatic N) is 1. The van der Waals surface area contributed by atoms with E-state index in [2.05, 4.69) is 5.32 Å². The zero-order valence-electron chi connectivity index (χ0n) is 15.8. The van der Waals surface area contributed by atoms with Crippen molar-refractivity contribution in [2.24, 2.45) is 0 Å². The molecule has 0 saturated heterocycles. The summed E-state index contributed by atoms with van der Waals surface area (Å²) >= 11 is 0. The molecule has 1 N–H and O–H groups in total. The van der Waals surface area contributed by atoms with E-state index in [1.165, 1.54) is 5.56 Å². The topological polar surface area (TPSA) is 50.8 Å². The van der Waals surface area contributed by atoms with Crippen LogP contribution in [0.15, 0.2) is 48.5 Å². The third kappa shape index (κ3) is 7.25. The molecule has 0 saturated carbocycles. The number of carbonyl (C=O) groups is 1. The number of hydrogen-bond acceptors (Lipinski definition) is 4. The van der Waals surface area contributed by atoms with Gasteiger partial charge in [0.05, 0.1) is 13.2 Å². The Balaban J connectivity index is 1.66. The molecule has 1 amide bonds. The third-order valence-electron chi connectivity index (χ3n) is 3.97. The third-order valence-corrected chi connectivity index (χ3v) is 3.97. The molecule has 5 nitrogen and oxygen atoms in total. The lowest BCUT2D eigenvalue weighted by molar-refractivity contribution is -0.122. The zero-order chi connectivity index (χ0) is 18.8. The number of ether oxygens (including phenoxy) is 2. The molecule has 0 bridgehead atoms. The SMILES string of the molecule is COCc1cccc(CNC(=O)CN(C)CCOc2ccc(C)cc2)c1. The second kappa shape index (κ2) is 10.6. The molecule has 5 heteroatoms. The number of likely N-dealkylation sites (N-methyl/N-ethyl adjacent to an activating group) is 1. The van der Waals surface area contributed by atoms with Crippen LogP contribution in [-0.2, 0) is 22.7 Å². The van der Waals surface area contributed by atoms with E-state index >= 15 is 0 Å². The molecule has 0 atom stereocenters. The molecule has 0 aromatic heterocycles. The molecule has 2 rings (SSSR count). The second-order valence-corrected chi connectivity index (χ2v) is 6.43. The van der Waals surface area contributed by atoms with E-state index in [0.29, 0.717) is 32.8 Å². The normalized spacial score (nSPS) is 10.8. The Bertz CT molecular complexity index is 686. The van der Waals surface area contributed by atoms with Crippen LogP contribution in [0.2, 0.25) is 0 Å². The van der Waals surface area contributed by atoms with Crippen LogP contribution in [0.1, 0.15) is 16.7 Å². The number of hydrogen-bond donors (Lipinski definition) is 1. The maximum Gasteiger partial charge on any atom is 0.234 e. The highest BCUT2D eigenvalue weighted by Crippen LogP contribution is 2.11. The quantitative estimate of drug-likeness (QED) is 0.711. The van der Waals surface area contributed by atoms with Gasteiger partial charge in [0.1, 0.15) is 12.4 Å². The highest BCUT2D eigenvalue weighted by molar-refractivity contribution is 5.77. The minimum Gasteiger partial charge on any atom is -0.492 e. The molecule has 140 valence electrons. The van der Waals surface area contributed by atoms with Crippen molar-refractivity contribution in [2.45, 2.75) is 20.1 Å². The molecule has 0 radical (unpaired) electrons. The van der Waals surface area contributed by atoms with Crippen LogP contribution in [0.3, 0.4) is 0 Å². The summed E-state index contributed by atoms with van der Waals surface area (Å²) in [5.74, 6) is 0.851. The van der Waals surface area contributed by atoms with Crippen molar-refractivity contribution >= 4 is 5.91 Å². The number of benzene rings is 2. The lowest BCUT2D eigenvalue weighted by atomic mass is 10.1. The van der Waals surface area contributed by atoms with Gasteiger partial charge in [-0.3, -0.25) is 9.69 Å². The fourth-order valence-electron chi connectivity index (χ4n) is 2.53. The van der Waals surface area contributed by atoms with Crippen LogP contribution in [-0.4, -0.2) is 44.7 Å². The molecule has 0 spiro atoms. The Morgan fingerprint density at radius 1 is 1.12 bits per heavy atom. The number of aryl methyl sites for hydroxylation is 1. The number of carbonyl (C=O) groups excluding carboxylic acids is 1. The van der Waals surface area contributed by atoms with Gasteiger partial charge in [0.25, 0.3) is 0 Å². The summed E-state index contributed by atoms with van der Waals surface area (Å²) < 4.78 is 10.8. The van der Waals surface area contributed by atoms with Gasteiger partial charge in [-0.25, -0.2) is 0 Å². The standard InChI is InChI=1S/C21H28N2O3/c1-17-7-9-20(10-8-17)26-12-11-23(2)15-21(24)22-14-18-5-4-6-19(13-18)16-25-3/h4-10,13H,11-12,14-16H2,1-3H3,(H,22,24). The summed E-state index contributed by atoms with van der Waals surface area (Å²) in [4.78, 5) is 14.0. The molecule has 2 aromatic carbocycles. The first-order valence-electron chi connectivity index (χ1n) is 8.78. The van der Waals surface area contributed by atoms with Gasteiger partial charge in [0.2, 0.25) is 5.91 Å². The molecule has 0 aliphatic carbocycles. The van der Waals surface area contributed by atoms with Gasteiger partial charge in [0, 0.05) is 20.2 Å². The Morgan fingerprint density at radius 3 is 2.58 bits per heavy atom. The van der Waals surface area contributed by atoms with Crippen molar-refractivity contribution in [3.63, 3.8) is 0 Å². The molecule has 0 heterocycles. The van der Waals surface area contributed by atoms with Gasteiger partial charge in [-0.1, -0.05) is 42.0 Å². The largest absolute Gasteiger partial charge is 0.492 e. The first-order valence-corrected chi connectivity index (χ1v) is 8.78. The summed E-state index contributed by atoms with van der Waals surface area (Å²) in [6.45, 7) is 4.71. The smallest absolute Gasteiger partial charge is 0.234 e. The van der Waals surface area contributed by atoms with E-state index in [4.69, 9.17) is 9.47 Å². The number of rotatable bonds is 10. The van der Waals surface area contributed by atoms with Gasteiger partial charge in [-0.2, -0.15) is 0 Å². The predicted octanol–water partition coefficient (Wildman–Crippen LogP) is 2.77. The van der Waals surface area contributed by atoms with Crippen LogP contribution >= 0.6 is 0 Å². The van der Waals surface area contributed by atoms with Crippen molar-refractivity contribution in [3.05, 3.63) is 65.2 Å². The van der Waals surface area contributed by atoms with Gasteiger partial charge < -0.3 is 14.8 Å². The summed E-state index contributed by atoms with van der Waals surface area (Å²) in [7, 11) is 3.59. The van der Waals surface area contributed by atoms with E-state index in [0.717, 1.165) is 16.9 Å². The highest BCUT2D eigenvalue weighted by Gasteiger charge is 2.07. The molecule has 0 aliphatic rings. The monoisotopic (exact) mass is 356 g/mol. The molecular weight excluding hydrogens is 328 g/mol. The average Bonchev–Trinajstić information content (AvgIpc) is 2.62. The van der Waals surface area contributed by atoms with Crippen LogP contribution in [0.4, 0.5) is 0 Å².